The van der Waals surface area contributed by atoms with Crippen LogP contribution in [0.3, 0.4) is 0 Å². The van der Waals surface area contributed by atoms with Crippen molar-refractivity contribution >= 4 is 22.2 Å². The van der Waals surface area contributed by atoms with E-state index in [4.69, 9.17) is 0 Å². The zero-order valence-electron chi connectivity index (χ0n) is 12.4. The van der Waals surface area contributed by atoms with Gasteiger partial charge in [-0.15, -0.1) is 11.3 Å². The average molecular weight is 303 g/mol. The van der Waals surface area contributed by atoms with Gasteiger partial charge in [-0.3, -0.25) is 0 Å². The van der Waals surface area contributed by atoms with Crippen molar-refractivity contribution in [3.05, 3.63) is 93.8 Å². The summed E-state index contributed by atoms with van der Waals surface area (Å²) < 4.78 is 0. The number of benzene rings is 2. The number of H-pyrrole nitrogens is 1. The Kier molecular flexibility index (Phi) is 3.32. The fourth-order valence-corrected chi connectivity index (χ4v) is 4.11. The van der Waals surface area contributed by atoms with Gasteiger partial charge in [0, 0.05) is 27.4 Å². The molecule has 0 fully saturated rings. The number of aromatic nitrogens is 1. The van der Waals surface area contributed by atoms with Crippen LogP contribution in [0.5, 0.6) is 0 Å². The smallest absolute Gasteiger partial charge is 0.0459 e. The third kappa shape index (κ3) is 2.16. The molecule has 0 aliphatic rings. The van der Waals surface area contributed by atoms with Gasteiger partial charge in [0.05, 0.1) is 0 Å². The molecule has 0 unspecified atom stereocenters. The average Bonchev–Trinajstić information content (AvgIpc) is 3.18. The first-order chi connectivity index (χ1) is 10.8. The molecule has 1 atom stereocenters. The molecule has 0 aliphatic heterocycles. The molecule has 0 radical (unpaired) electrons. The van der Waals surface area contributed by atoms with Gasteiger partial charge in [0.2, 0.25) is 0 Å². The lowest BCUT2D eigenvalue weighted by Gasteiger charge is -2.17. The van der Waals surface area contributed by atoms with Crippen molar-refractivity contribution in [2.45, 2.75) is 12.8 Å². The number of hydrogen-bond donors (Lipinski definition) is 1. The van der Waals surface area contributed by atoms with E-state index in [-0.39, 0.29) is 5.92 Å². The summed E-state index contributed by atoms with van der Waals surface area (Å²) in [5, 5.41) is 3.48. The van der Waals surface area contributed by atoms with Gasteiger partial charge in [-0.05, 0) is 35.6 Å². The van der Waals surface area contributed by atoms with Crippen LogP contribution < -0.4 is 0 Å². The fourth-order valence-electron chi connectivity index (χ4n) is 3.24. The molecular formula is C20H17NS. The predicted octanol–water partition coefficient (Wildman–Crippen LogP) is 5.72. The standard InChI is InChI=1S/C20H17NS/c1-14-19(16-10-5-6-11-17(16)21-14)20(18-12-7-13-22-18)15-8-3-2-4-9-15/h2-13,20-21H,1H3/t20-/m1/s1. The normalized spacial score (nSPS) is 12.6. The van der Waals surface area contributed by atoms with Crippen molar-refractivity contribution in [2.75, 3.05) is 0 Å². The zero-order chi connectivity index (χ0) is 14.9. The van der Waals surface area contributed by atoms with Gasteiger partial charge in [-0.1, -0.05) is 54.6 Å². The number of aryl methyl sites for hydroxylation is 1. The van der Waals surface area contributed by atoms with E-state index in [1.54, 1.807) is 0 Å². The Balaban J connectivity index is 2.00. The van der Waals surface area contributed by atoms with Crippen molar-refractivity contribution in [3.63, 3.8) is 0 Å². The largest absolute Gasteiger partial charge is 0.358 e. The maximum absolute atomic E-state index is 3.54. The minimum absolute atomic E-state index is 0.289. The van der Waals surface area contributed by atoms with Crippen LogP contribution in [-0.4, -0.2) is 4.98 Å². The van der Waals surface area contributed by atoms with Crippen molar-refractivity contribution < 1.29 is 0 Å². The molecular weight excluding hydrogens is 286 g/mol. The minimum atomic E-state index is 0.289. The Morgan fingerprint density at radius 3 is 2.41 bits per heavy atom. The molecule has 2 heteroatoms. The van der Waals surface area contributed by atoms with E-state index < -0.39 is 0 Å². The molecule has 22 heavy (non-hydrogen) atoms. The molecule has 0 saturated carbocycles. The van der Waals surface area contributed by atoms with Crippen LogP contribution in [0, 0.1) is 6.92 Å². The van der Waals surface area contributed by atoms with Crippen molar-refractivity contribution in [1.29, 1.82) is 0 Å². The van der Waals surface area contributed by atoms with E-state index in [2.05, 4.69) is 84.0 Å². The first kappa shape index (κ1) is 13.4. The summed E-state index contributed by atoms with van der Waals surface area (Å²) in [4.78, 5) is 4.93. The van der Waals surface area contributed by atoms with E-state index >= 15 is 0 Å². The van der Waals surface area contributed by atoms with Crippen molar-refractivity contribution in [2.24, 2.45) is 0 Å². The second-order valence-electron chi connectivity index (χ2n) is 5.57. The van der Waals surface area contributed by atoms with Crippen LogP contribution in [0.1, 0.15) is 27.6 Å². The third-order valence-corrected chi connectivity index (χ3v) is 5.13. The van der Waals surface area contributed by atoms with Gasteiger partial charge in [0.1, 0.15) is 0 Å². The first-order valence-corrected chi connectivity index (χ1v) is 8.38. The van der Waals surface area contributed by atoms with Crippen LogP contribution in [0.25, 0.3) is 10.9 Å². The molecule has 0 amide bonds. The van der Waals surface area contributed by atoms with Gasteiger partial charge >= 0.3 is 0 Å². The highest BCUT2D eigenvalue weighted by Crippen LogP contribution is 2.39. The fraction of sp³-hybridized carbons (Fsp3) is 0.100. The lowest BCUT2D eigenvalue weighted by molar-refractivity contribution is 0.994. The number of nitrogens with one attached hydrogen (secondary N) is 1. The maximum Gasteiger partial charge on any atom is 0.0459 e. The molecule has 4 rings (SSSR count). The second-order valence-corrected chi connectivity index (χ2v) is 6.55. The van der Waals surface area contributed by atoms with Crippen LogP contribution in [0.2, 0.25) is 0 Å². The molecule has 0 bridgehead atoms. The Morgan fingerprint density at radius 1 is 0.864 bits per heavy atom. The second kappa shape index (κ2) is 5.47. The van der Waals surface area contributed by atoms with Gasteiger partial charge in [-0.2, -0.15) is 0 Å². The predicted molar refractivity (Wildman–Crippen MR) is 94.7 cm³/mol. The monoisotopic (exact) mass is 303 g/mol. The highest BCUT2D eigenvalue weighted by atomic mass is 32.1. The summed E-state index contributed by atoms with van der Waals surface area (Å²) in [6, 6.07) is 23.7. The quantitative estimate of drug-likeness (QED) is 0.498. The van der Waals surface area contributed by atoms with E-state index in [1.165, 1.54) is 32.6 Å². The Hall–Kier alpha value is -2.32. The van der Waals surface area contributed by atoms with E-state index in [0.717, 1.165) is 0 Å². The summed E-state index contributed by atoms with van der Waals surface area (Å²) in [5.74, 6) is 0.289. The van der Waals surface area contributed by atoms with Gasteiger partial charge in [0.15, 0.2) is 0 Å². The number of thiophene rings is 1. The number of hydrogen-bond acceptors (Lipinski definition) is 1. The lowest BCUT2D eigenvalue weighted by Crippen LogP contribution is -2.02. The van der Waals surface area contributed by atoms with Gasteiger partial charge in [-0.25, -0.2) is 0 Å². The van der Waals surface area contributed by atoms with Crippen LogP contribution >= 0.6 is 11.3 Å². The Bertz CT molecular complexity index is 888. The molecule has 0 aliphatic carbocycles. The molecule has 4 aromatic rings. The number of fused-ring (bicyclic) bond motifs is 1. The molecule has 108 valence electrons. The number of aromatic amines is 1. The first-order valence-electron chi connectivity index (χ1n) is 7.50. The highest BCUT2D eigenvalue weighted by molar-refractivity contribution is 7.10. The SMILES string of the molecule is Cc1[nH]c2ccccc2c1[C@H](c1ccccc1)c1cccs1. The summed E-state index contributed by atoms with van der Waals surface area (Å²) >= 11 is 1.83. The summed E-state index contributed by atoms with van der Waals surface area (Å²) in [6.45, 7) is 2.18. The van der Waals surface area contributed by atoms with Gasteiger partial charge < -0.3 is 4.98 Å². The maximum atomic E-state index is 3.54. The minimum Gasteiger partial charge on any atom is -0.358 e. The van der Waals surface area contributed by atoms with E-state index in [9.17, 15) is 0 Å². The molecule has 0 saturated heterocycles. The lowest BCUT2D eigenvalue weighted by atomic mass is 9.88. The molecule has 0 spiro atoms. The highest BCUT2D eigenvalue weighted by Gasteiger charge is 2.23. The summed E-state index contributed by atoms with van der Waals surface area (Å²) in [5.41, 5.74) is 5.21. The van der Waals surface area contributed by atoms with Crippen molar-refractivity contribution in [1.82, 2.24) is 4.98 Å². The summed E-state index contributed by atoms with van der Waals surface area (Å²) in [6.07, 6.45) is 0. The summed E-state index contributed by atoms with van der Waals surface area (Å²) in [7, 11) is 0. The number of para-hydroxylation sites is 1. The zero-order valence-corrected chi connectivity index (χ0v) is 13.2. The number of rotatable bonds is 3. The van der Waals surface area contributed by atoms with Crippen molar-refractivity contribution in [3.8, 4) is 0 Å². The molecule has 1 nitrogen and oxygen atoms in total. The topological polar surface area (TPSA) is 15.8 Å². The Labute approximate surface area is 134 Å². The van der Waals surface area contributed by atoms with Crippen LogP contribution in [0.4, 0.5) is 0 Å². The third-order valence-electron chi connectivity index (χ3n) is 4.19. The van der Waals surface area contributed by atoms with E-state index in [1.807, 2.05) is 11.3 Å². The molecule has 2 aromatic carbocycles. The molecule has 2 heterocycles. The molecule has 2 aromatic heterocycles. The van der Waals surface area contributed by atoms with Crippen LogP contribution in [-0.2, 0) is 0 Å². The molecule has 1 N–H and O–H groups in total. The van der Waals surface area contributed by atoms with Crippen LogP contribution in [0.15, 0.2) is 72.1 Å². The Morgan fingerprint density at radius 2 is 1.64 bits per heavy atom. The van der Waals surface area contributed by atoms with Gasteiger partial charge in [0.25, 0.3) is 0 Å². The van der Waals surface area contributed by atoms with E-state index in [0.29, 0.717) is 0 Å².